The van der Waals surface area contributed by atoms with Crippen LogP contribution in [-0.4, -0.2) is 28.6 Å². The van der Waals surface area contributed by atoms with Gasteiger partial charge in [-0.3, -0.25) is 14.9 Å². The second-order valence-corrected chi connectivity index (χ2v) is 8.46. The smallest absolute Gasteiger partial charge is 0.257 e. The van der Waals surface area contributed by atoms with Crippen LogP contribution < -0.4 is 20.7 Å². The molecule has 0 saturated carbocycles. The highest BCUT2D eigenvalue weighted by atomic mass is 32.1. The SMILES string of the molecule is CCC(C)Oc1ccc(C(=O)NC(=S)Nc2cccc(C(=O)NC(C)(C)C)c2)cc1. The van der Waals surface area contributed by atoms with Crippen molar-refractivity contribution in [3.8, 4) is 5.75 Å². The normalized spacial score (nSPS) is 11.9. The lowest BCUT2D eigenvalue weighted by atomic mass is 10.1. The fraction of sp³-hybridized carbons (Fsp3) is 0.348. The number of amides is 2. The third kappa shape index (κ3) is 7.48. The van der Waals surface area contributed by atoms with Crippen LogP contribution in [-0.2, 0) is 0 Å². The number of rotatable bonds is 6. The molecule has 0 aromatic heterocycles. The molecule has 0 aliphatic heterocycles. The van der Waals surface area contributed by atoms with Gasteiger partial charge in [0.15, 0.2) is 5.11 Å². The van der Waals surface area contributed by atoms with Gasteiger partial charge in [-0.25, -0.2) is 0 Å². The summed E-state index contributed by atoms with van der Waals surface area (Å²) in [5, 5.41) is 8.64. The molecule has 0 bridgehead atoms. The van der Waals surface area contributed by atoms with E-state index in [0.29, 0.717) is 22.6 Å². The summed E-state index contributed by atoms with van der Waals surface area (Å²) in [5.41, 5.74) is 1.24. The minimum atomic E-state index is -0.334. The van der Waals surface area contributed by atoms with Crippen molar-refractivity contribution < 1.29 is 14.3 Å². The number of hydrogen-bond donors (Lipinski definition) is 3. The Morgan fingerprint density at radius 3 is 2.30 bits per heavy atom. The van der Waals surface area contributed by atoms with Gasteiger partial charge >= 0.3 is 0 Å². The summed E-state index contributed by atoms with van der Waals surface area (Å²) < 4.78 is 5.72. The van der Waals surface area contributed by atoms with Crippen molar-refractivity contribution in [3.05, 3.63) is 59.7 Å². The maximum absolute atomic E-state index is 12.4. The molecule has 0 heterocycles. The molecule has 0 fully saturated rings. The van der Waals surface area contributed by atoms with Crippen LogP contribution in [0.1, 0.15) is 61.8 Å². The summed E-state index contributed by atoms with van der Waals surface area (Å²) >= 11 is 5.24. The summed E-state index contributed by atoms with van der Waals surface area (Å²) in [6.07, 6.45) is 1.02. The van der Waals surface area contributed by atoms with E-state index in [-0.39, 0.29) is 28.6 Å². The molecule has 160 valence electrons. The van der Waals surface area contributed by atoms with Crippen LogP contribution in [0.15, 0.2) is 48.5 Å². The molecule has 0 saturated heterocycles. The Balaban J connectivity index is 1.96. The molecule has 2 amide bonds. The number of nitrogens with one attached hydrogen (secondary N) is 3. The summed E-state index contributed by atoms with van der Waals surface area (Å²) in [6.45, 7) is 9.79. The molecule has 7 heteroatoms. The van der Waals surface area contributed by atoms with E-state index in [2.05, 4.69) is 16.0 Å². The number of hydrogen-bond acceptors (Lipinski definition) is 4. The van der Waals surface area contributed by atoms with Gasteiger partial charge in [0.1, 0.15) is 5.75 Å². The molecule has 2 aromatic rings. The Kier molecular flexibility index (Phi) is 7.94. The van der Waals surface area contributed by atoms with Crippen LogP contribution in [0.5, 0.6) is 5.75 Å². The van der Waals surface area contributed by atoms with Crippen LogP contribution >= 0.6 is 12.2 Å². The van der Waals surface area contributed by atoms with Gasteiger partial charge in [0.25, 0.3) is 11.8 Å². The average molecular weight is 428 g/mol. The molecule has 0 radical (unpaired) electrons. The first-order valence-electron chi connectivity index (χ1n) is 9.89. The van der Waals surface area contributed by atoms with E-state index in [1.807, 2.05) is 34.6 Å². The van der Waals surface area contributed by atoms with E-state index in [1.165, 1.54) is 0 Å². The molecule has 2 rings (SSSR count). The van der Waals surface area contributed by atoms with Gasteiger partial charge in [0.2, 0.25) is 0 Å². The lowest BCUT2D eigenvalue weighted by molar-refractivity contribution is 0.0918. The van der Waals surface area contributed by atoms with Crippen LogP contribution in [0, 0.1) is 0 Å². The lowest BCUT2D eigenvalue weighted by Crippen LogP contribution is -2.40. The van der Waals surface area contributed by atoms with Crippen LogP contribution in [0.2, 0.25) is 0 Å². The predicted octanol–water partition coefficient (Wildman–Crippen LogP) is 4.52. The Hall–Kier alpha value is -2.93. The number of benzene rings is 2. The number of carbonyl (C=O) groups excluding carboxylic acids is 2. The second kappa shape index (κ2) is 10.2. The highest BCUT2D eigenvalue weighted by molar-refractivity contribution is 7.80. The van der Waals surface area contributed by atoms with Crippen molar-refractivity contribution in [1.82, 2.24) is 10.6 Å². The third-order valence-electron chi connectivity index (χ3n) is 4.13. The van der Waals surface area contributed by atoms with Gasteiger partial charge in [-0.1, -0.05) is 13.0 Å². The molecule has 3 N–H and O–H groups in total. The van der Waals surface area contributed by atoms with Crippen LogP contribution in [0.25, 0.3) is 0 Å². The molecule has 2 aromatic carbocycles. The van der Waals surface area contributed by atoms with Gasteiger partial charge in [0, 0.05) is 22.4 Å². The molecule has 1 unspecified atom stereocenters. The number of carbonyl (C=O) groups is 2. The minimum absolute atomic E-state index is 0.114. The van der Waals surface area contributed by atoms with Gasteiger partial charge in [-0.05, 0) is 88.8 Å². The van der Waals surface area contributed by atoms with Crippen LogP contribution in [0.3, 0.4) is 0 Å². The zero-order valence-electron chi connectivity index (χ0n) is 18.0. The zero-order chi connectivity index (χ0) is 22.3. The Labute approximate surface area is 183 Å². The van der Waals surface area contributed by atoms with E-state index in [1.54, 1.807) is 48.5 Å². The van der Waals surface area contributed by atoms with Gasteiger partial charge < -0.3 is 15.4 Å². The molecule has 0 aliphatic carbocycles. The topological polar surface area (TPSA) is 79.5 Å². The molecular formula is C23H29N3O3S. The largest absolute Gasteiger partial charge is 0.491 e. The second-order valence-electron chi connectivity index (χ2n) is 8.05. The molecule has 30 heavy (non-hydrogen) atoms. The predicted molar refractivity (Wildman–Crippen MR) is 124 cm³/mol. The first-order valence-corrected chi connectivity index (χ1v) is 10.3. The van der Waals surface area contributed by atoms with Crippen molar-refractivity contribution in [3.63, 3.8) is 0 Å². The van der Waals surface area contributed by atoms with Crippen molar-refractivity contribution in [2.24, 2.45) is 0 Å². The standard InChI is InChI=1S/C23H29N3O3S/c1-6-15(2)29-19-12-10-16(11-13-19)20(27)25-22(30)24-18-9-7-8-17(14-18)21(28)26-23(3,4)5/h7-15H,6H2,1-5H3,(H,26,28)(H2,24,25,27,30). The fourth-order valence-corrected chi connectivity index (χ4v) is 2.70. The number of thiocarbonyl (C=S) groups is 1. The third-order valence-corrected chi connectivity index (χ3v) is 4.33. The number of anilines is 1. The highest BCUT2D eigenvalue weighted by Crippen LogP contribution is 2.15. The maximum Gasteiger partial charge on any atom is 0.257 e. The monoisotopic (exact) mass is 427 g/mol. The molecule has 0 aliphatic rings. The lowest BCUT2D eigenvalue weighted by Gasteiger charge is -2.20. The summed E-state index contributed by atoms with van der Waals surface area (Å²) in [6, 6.07) is 13.8. The van der Waals surface area contributed by atoms with Gasteiger partial charge in [0.05, 0.1) is 6.10 Å². The summed E-state index contributed by atoms with van der Waals surface area (Å²) in [5.74, 6) is 0.206. The molecule has 1 atom stereocenters. The number of ether oxygens (including phenoxy) is 1. The Bertz CT molecular complexity index is 905. The van der Waals surface area contributed by atoms with Crippen LogP contribution in [0.4, 0.5) is 5.69 Å². The van der Waals surface area contributed by atoms with E-state index in [4.69, 9.17) is 17.0 Å². The highest BCUT2D eigenvalue weighted by Gasteiger charge is 2.16. The summed E-state index contributed by atoms with van der Waals surface area (Å²) in [7, 11) is 0. The quantitative estimate of drug-likeness (QED) is 0.591. The average Bonchev–Trinajstić information content (AvgIpc) is 2.67. The summed E-state index contributed by atoms with van der Waals surface area (Å²) in [4.78, 5) is 24.7. The molecule has 0 spiro atoms. The van der Waals surface area contributed by atoms with E-state index >= 15 is 0 Å². The minimum Gasteiger partial charge on any atom is -0.491 e. The van der Waals surface area contributed by atoms with Crippen molar-refractivity contribution >= 4 is 34.8 Å². The Morgan fingerprint density at radius 2 is 1.70 bits per heavy atom. The van der Waals surface area contributed by atoms with E-state index < -0.39 is 0 Å². The fourth-order valence-electron chi connectivity index (χ4n) is 2.49. The zero-order valence-corrected chi connectivity index (χ0v) is 18.9. The van der Waals surface area contributed by atoms with Crippen molar-refractivity contribution in [2.75, 3.05) is 5.32 Å². The maximum atomic E-state index is 12.4. The van der Waals surface area contributed by atoms with Gasteiger partial charge in [-0.15, -0.1) is 0 Å². The molecular weight excluding hydrogens is 398 g/mol. The van der Waals surface area contributed by atoms with Crippen molar-refractivity contribution in [2.45, 2.75) is 52.7 Å². The van der Waals surface area contributed by atoms with Crippen molar-refractivity contribution in [1.29, 1.82) is 0 Å². The van der Waals surface area contributed by atoms with Gasteiger partial charge in [-0.2, -0.15) is 0 Å². The first-order chi connectivity index (χ1) is 14.1. The van der Waals surface area contributed by atoms with E-state index in [9.17, 15) is 9.59 Å². The Morgan fingerprint density at radius 1 is 1.03 bits per heavy atom. The molecule has 6 nitrogen and oxygen atoms in total. The van der Waals surface area contributed by atoms with E-state index in [0.717, 1.165) is 6.42 Å². The first kappa shape index (κ1) is 23.3.